The Morgan fingerprint density at radius 2 is 1.64 bits per heavy atom. The quantitative estimate of drug-likeness (QED) is 0.649. The van der Waals surface area contributed by atoms with Gasteiger partial charge in [-0.25, -0.2) is 0 Å². The Morgan fingerprint density at radius 3 is 1.93 bits per heavy atom. The molecular formula is C12H27NO. The molecule has 86 valence electrons. The van der Waals surface area contributed by atoms with E-state index >= 15 is 0 Å². The molecule has 0 aromatic rings. The number of aliphatic hydroxyl groups is 1. The molecule has 14 heavy (non-hydrogen) atoms. The third-order valence-corrected chi connectivity index (χ3v) is 3.58. The molecule has 0 saturated heterocycles. The molecule has 0 aliphatic carbocycles. The van der Waals surface area contributed by atoms with E-state index in [-0.39, 0.29) is 5.92 Å². The zero-order chi connectivity index (χ0) is 11.3. The Hall–Kier alpha value is -0.0800. The topological polar surface area (TPSA) is 46.2 Å². The highest BCUT2D eigenvalue weighted by Crippen LogP contribution is 2.29. The minimum Gasteiger partial charge on any atom is -0.379 e. The molecular weight excluding hydrogens is 174 g/mol. The van der Waals surface area contributed by atoms with Crippen molar-refractivity contribution in [2.45, 2.75) is 53.7 Å². The molecule has 2 nitrogen and oxygen atoms in total. The van der Waals surface area contributed by atoms with Crippen LogP contribution in [0.4, 0.5) is 0 Å². The number of aliphatic hydroxyl groups excluding tert-OH is 1. The molecule has 0 rings (SSSR count). The Bertz CT molecular complexity index is 145. The van der Waals surface area contributed by atoms with Crippen LogP contribution in [0.5, 0.6) is 0 Å². The maximum atomic E-state index is 9.26. The van der Waals surface area contributed by atoms with Crippen molar-refractivity contribution in [1.82, 2.24) is 0 Å². The normalized spacial score (nSPS) is 20.6. The molecule has 0 aromatic heterocycles. The summed E-state index contributed by atoms with van der Waals surface area (Å²) >= 11 is 0. The zero-order valence-corrected chi connectivity index (χ0v) is 10.3. The SMILES string of the molecule is CCC(C[C@@H](C)C(N)O)C(C)C(C)C. The van der Waals surface area contributed by atoms with Crippen LogP contribution in [0.15, 0.2) is 0 Å². The third-order valence-electron chi connectivity index (χ3n) is 3.58. The fraction of sp³-hybridized carbons (Fsp3) is 1.00. The van der Waals surface area contributed by atoms with Crippen molar-refractivity contribution in [3.8, 4) is 0 Å². The Morgan fingerprint density at radius 1 is 1.14 bits per heavy atom. The fourth-order valence-electron chi connectivity index (χ4n) is 1.91. The Balaban J connectivity index is 4.14. The van der Waals surface area contributed by atoms with Gasteiger partial charge in [-0.2, -0.15) is 0 Å². The Kier molecular flexibility index (Phi) is 6.38. The Labute approximate surface area is 88.9 Å². The number of hydrogen-bond donors (Lipinski definition) is 2. The van der Waals surface area contributed by atoms with Crippen LogP contribution in [-0.4, -0.2) is 11.3 Å². The predicted molar refractivity (Wildman–Crippen MR) is 61.8 cm³/mol. The molecule has 0 aliphatic rings. The lowest BCUT2D eigenvalue weighted by atomic mass is 9.78. The largest absolute Gasteiger partial charge is 0.379 e. The summed E-state index contributed by atoms with van der Waals surface area (Å²) in [7, 11) is 0. The van der Waals surface area contributed by atoms with Crippen molar-refractivity contribution in [3.05, 3.63) is 0 Å². The minimum atomic E-state index is -0.664. The van der Waals surface area contributed by atoms with Crippen LogP contribution in [-0.2, 0) is 0 Å². The maximum Gasteiger partial charge on any atom is 0.105 e. The summed E-state index contributed by atoms with van der Waals surface area (Å²) in [6.07, 6.45) is 1.55. The van der Waals surface area contributed by atoms with Crippen molar-refractivity contribution < 1.29 is 5.11 Å². The zero-order valence-electron chi connectivity index (χ0n) is 10.3. The smallest absolute Gasteiger partial charge is 0.105 e. The average Bonchev–Trinajstić information content (AvgIpc) is 2.12. The highest BCUT2D eigenvalue weighted by atomic mass is 16.3. The number of rotatable bonds is 6. The summed E-state index contributed by atoms with van der Waals surface area (Å²) in [5, 5.41) is 9.26. The average molecular weight is 201 g/mol. The van der Waals surface area contributed by atoms with Gasteiger partial charge in [0.2, 0.25) is 0 Å². The molecule has 0 heterocycles. The molecule has 2 heteroatoms. The van der Waals surface area contributed by atoms with E-state index in [1.807, 2.05) is 6.92 Å². The first-order valence-electron chi connectivity index (χ1n) is 5.83. The molecule has 3 unspecified atom stereocenters. The van der Waals surface area contributed by atoms with E-state index in [9.17, 15) is 5.11 Å². The lowest BCUT2D eigenvalue weighted by Gasteiger charge is -2.29. The van der Waals surface area contributed by atoms with E-state index in [1.165, 1.54) is 6.42 Å². The van der Waals surface area contributed by atoms with Gasteiger partial charge in [0.15, 0.2) is 0 Å². The molecule has 0 fully saturated rings. The summed E-state index contributed by atoms with van der Waals surface area (Å²) in [6.45, 7) is 11.1. The van der Waals surface area contributed by atoms with Gasteiger partial charge in [-0.05, 0) is 30.1 Å². The van der Waals surface area contributed by atoms with Crippen LogP contribution < -0.4 is 5.73 Å². The van der Waals surface area contributed by atoms with Gasteiger partial charge in [0.1, 0.15) is 6.23 Å². The highest BCUT2D eigenvalue weighted by molar-refractivity contribution is 4.72. The van der Waals surface area contributed by atoms with Crippen LogP contribution in [0.2, 0.25) is 0 Å². The van der Waals surface area contributed by atoms with E-state index in [0.29, 0.717) is 17.8 Å². The maximum absolute atomic E-state index is 9.26. The van der Waals surface area contributed by atoms with E-state index in [1.54, 1.807) is 0 Å². The van der Waals surface area contributed by atoms with Crippen LogP contribution in [0, 0.1) is 23.7 Å². The molecule has 0 spiro atoms. The van der Waals surface area contributed by atoms with Crippen LogP contribution in [0.3, 0.4) is 0 Å². The van der Waals surface area contributed by atoms with Gasteiger partial charge in [-0.3, -0.25) is 0 Å². The first kappa shape index (κ1) is 13.9. The third kappa shape index (κ3) is 4.43. The molecule has 4 atom stereocenters. The van der Waals surface area contributed by atoms with Gasteiger partial charge >= 0.3 is 0 Å². The fourth-order valence-corrected chi connectivity index (χ4v) is 1.91. The van der Waals surface area contributed by atoms with Gasteiger partial charge in [0.05, 0.1) is 0 Å². The molecule has 0 aliphatic heterocycles. The van der Waals surface area contributed by atoms with Crippen molar-refractivity contribution in [2.24, 2.45) is 29.4 Å². The molecule has 0 radical (unpaired) electrons. The van der Waals surface area contributed by atoms with E-state index in [2.05, 4.69) is 27.7 Å². The molecule has 3 N–H and O–H groups in total. The molecule has 0 saturated carbocycles. The van der Waals surface area contributed by atoms with Crippen LogP contribution >= 0.6 is 0 Å². The van der Waals surface area contributed by atoms with Gasteiger partial charge in [-0.1, -0.05) is 41.0 Å². The molecule has 0 aromatic carbocycles. The standard InChI is InChI=1S/C12H27NO/c1-6-11(10(5)8(2)3)7-9(4)12(13)14/h8-12,14H,6-7,13H2,1-5H3/t9-,10?,11?,12?/m1/s1. The number of hydrogen-bond acceptors (Lipinski definition) is 2. The van der Waals surface area contributed by atoms with Crippen LogP contribution in [0.25, 0.3) is 0 Å². The highest BCUT2D eigenvalue weighted by Gasteiger charge is 2.22. The molecule has 0 amide bonds. The summed E-state index contributed by atoms with van der Waals surface area (Å²) in [5.41, 5.74) is 5.47. The van der Waals surface area contributed by atoms with Gasteiger partial charge in [0, 0.05) is 0 Å². The van der Waals surface area contributed by atoms with Crippen molar-refractivity contribution >= 4 is 0 Å². The molecule has 0 bridgehead atoms. The van der Waals surface area contributed by atoms with Crippen LogP contribution in [0.1, 0.15) is 47.5 Å². The van der Waals surface area contributed by atoms with Crippen molar-refractivity contribution in [2.75, 3.05) is 0 Å². The second-order valence-corrected chi connectivity index (χ2v) is 4.98. The van der Waals surface area contributed by atoms with Gasteiger partial charge < -0.3 is 10.8 Å². The van der Waals surface area contributed by atoms with E-state index in [0.717, 1.165) is 6.42 Å². The second-order valence-electron chi connectivity index (χ2n) is 4.98. The minimum absolute atomic E-state index is 0.209. The first-order valence-corrected chi connectivity index (χ1v) is 5.83. The lowest BCUT2D eigenvalue weighted by Crippen LogP contribution is -2.30. The van der Waals surface area contributed by atoms with Gasteiger partial charge in [0.25, 0.3) is 0 Å². The van der Waals surface area contributed by atoms with E-state index in [4.69, 9.17) is 5.73 Å². The van der Waals surface area contributed by atoms with Gasteiger partial charge in [-0.15, -0.1) is 0 Å². The summed E-state index contributed by atoms with van der Waals surface area (Å²) < 4.78 is 0. The summed E-state index contributed by atoms with van der Waals surface area (Å²) in [6, 6.07) is 0. The second kappa shape index (κ2) is 6.41. The van der Waals surface area contributed by atoms with Crippen molar-refractivity contribution in [1.29, 1.82) is 0 Å². The summed E-state index contributed by atoms with van der Waals surface area (Å²) in [5.74, 6) is 2.31. The lowest BCUT2D eigenvalue weighted by molar-refractivity contribution is 0.0941. The predicted octanol–water partition coefficient (Wildman–Crippen LogP) is 2.61. The van der Waals surface area contributed by atoms with Crippen molar-refractivity contribution in [3.63, 3.8) is 0 Å². The first-order chi connectivity index (χ1) is 6.40. The number of nitrogens with two attached hydrogens (primary N) is 1. The summed E-state index contributed by atoms with van der Waals surface area (Å²) in [4.78, 5) is 0. The van der Waals surface area contributed by atoms with E-state index < -0.39 is 6.23 Å². The monoisotopic (exact) mass is 201 g/mol.